The quantitative estimate of drug-likeness (QED) is 0.692. The minimum atomic E-state index is -0.477. The molecular weight excluding hydrogens is 272 g/mol. The van der Waals surface area contributed by atoms with Gasteiger partial charge in [0.15, 0.2) is 5.78 Å². The van der Waals surface area contributed by atoms with Crippen LogP contribution in [0.1, 0.15) is 21.5 Å². The molecule has 0 aliphatic heterocycles. The fourth-order valence-corrected chi connectivity index (χ4v) is 2.75. The van der Waals surface area contributed by atoms with Crippen LogP contribution in [-0.2, 0) is 4.79 Å². The zero-order valence-corrected chi connectivity index (χ0v) is 11.2. The first-order valence-electron chi connectivity index (χ1n) is 6.00. The van der Waals surface area contributed by atoms with Crippen molar-refractivity contribution in [3.05, 3.63) is 69.4 Å². The molecule has 3 nitrogen and oxygen atoms in total. The van der Waals surface area contributed by atoms with Crippen molar-refractivity contribution in [1.82, 2.24) is 0 Å². The van der Waals surface area contributed by atoms with Crippen molar-refractivity contribution in [2.75, 3.05) is 0 Å². The van der Waals surface area contributed by atoms with Gasteiger partial charge in [-0.1, -0.05) is 30.3 Å². The highest BCUT2D eigenvalue weighted by Gasteiger charge is 2.32. The number of benzene rings is 1. The summed E-state index contributed by atoms with van der Waals surface area (Å²) in [4.78, 5) is 24.2. The van der Waals surface area contributed by atoms with Gasteiger partial charge >= 0.3 is 0 Å². The van der Waals surface area contributed by atoms with Gasteiger partial charge in [-0.3, -0.25) is 9.59 Å². The number of carbonyl (C=O) groups is 2. The summed E-state index contributed by atoms with van der Waals surface area (Å²) < 4.78 is 0. The largest absolute Gasteiger partial charge is 0.506 e. The zero-order valence-electron chi connectivity index (χ0n) is 10.4. The van der Waals surface area contributed by atoms with Crippen LogP contribution >= 0.6 is 11.3 Å². The van der Waals surface area contributed by atoms with E-state index in [1.165, 1.54) is 17.4 Å². The van der Waals surface area contributed by atoms with Gasteiger partial charge < -0.3 is 5.11 Å². The summed E-state index contributed by atoms with van der Waals surface area (Å²) >= 11 is 1.52. The average molecular weight is 282 g/mol. The van der Waals surface area contributed by atoms with E-state index in [2.05, 4.69) is 0 Å². The van der Waals surface area contributed by atoms with Crippen LogP contribution < -0.4 is 0 Å². The summed E-state index contributed by atoms with van der Waals surface area (Å²) in [6.45, 7) is 0. The third-order valence-electron chi connectivity index (χ3n) is 3.11. The molecule has 3 rings (SSSR count). The number of rotatable bonds is 3. The van der Waals surface area contributed by atoms with Crippen LogP contribution in [0.25, 0.3) is 11.8 Å². The third kappa shape index (κ3) is 2.00. The Morgan fingerprint density at radius 2 is 1.90 bits per heavy atom. The fourth-order valence-electron chi connectivity index (χ4n) is 2.12. The van der Waals surface area contributed by atoms with Crippen molar-refractivity contribution < 1.29 is 14.7 Å². The van der Waals surface area contributed by atoms with Crippen molar-refractivity contribution in [1.29, 1.82) is 0 Å². The van der Waals surface area contributed by atoms with Crippen LogP contribution in [0.15, 0.2) is 52.7 Å². The second-order valence-corrected chi connectivity index (χ2v) is 5.13. The molecule has 0 fully saturated rings. The molecule has 1 heterocycles. The smallest absolute Gasteiger partial charge is 0.201 e. The summed E-state index contributed by atoms with van der Waals surface area (Å²) in [5, 5.41) is 13.8. The molecule has 1 aliphatic rings. The van der Waals surface area contributed by atoms with E-state index in [-0.39, 0.29) is 11.3 Å². The lowest BCUT2D eigenvalue weighted by molar-refractivity contribution is -0.110. The number of aliphatic hydroxyl groups excluding tert-OH is 1. The molecule has 98 valence electrons. The standard InChI is InChI=1S/C16H10O3S/c17-13(6-5-10-7-8-20-9-10)14-15(18)11-3-1-2-4-12(11)16(14)19/h1-9,18H. The Labute approximate surface area is 119 Å². The first-order chi connectivity index (χ1) is 9.68. The van der Waals surface area contributed by atoms with E-state index < -0.39 is 11.6 Å². The Bertz CT molecular complexity index is 752. The molecule has 20 heavy (non-hydrogen) atoms. The highest BCUT2D eigenvalue weighted by Crippen LogP contribution is 2.31. The van der Waals surface area contributed by atoms with Gasteiger partial charge in [0.2, 0.25) is 5.78 Å². The summed E-state index contributed by atoms with van der Waals surface area (Å²) in [6.07, 6.45) is 2.95. The van der Waals surface area contributed by atoms with E-state index in [0.29, 0.717) is 11.1 Å². The predicted octanol–water partition coefficient (Wildman–Crippen LogP) is 3.50. The predicted molar refractivity (Wildman–Crippen MR) is 78.7 cm³/mol. The van der Waals surface area contributed by atoms with Crippen LogP contribution in [0.5, 0.6) is 0 Å². The number of ketones is 2. The molecule has 0 atom stereocenters. The van der Waals surface area contributed by atoms with Crippen LogP contribution in [0.4, 0.5) is 0 Å². The number of hydrogen-bond acceptors (Lipinski definition) is 4. The van der Waals surface area contributed by atoms with Crippen LogP contribution in [0, 0.1) is 0 Å². The Morgan fingerprint density at radius 3 is 2.55 bits per heavy atom. The van der Waals surface area contributed by atoms with Crippen molar-refractivity contribution in [2.24, 2.45) is 0 Å². The number of aliphatic hydroxyl groups is 1. The molecular formula is C16H10O3S. The van der Waals surface area contributed by atoms with Gasteiger partial charge in [-0.2, -0.15) is 11.3 Å². The molecule has 0 radical (unpaired) electrons. The molecule has 0 saturated heterocycles. The maximum absolute atomic E-state index is 12.1. The molecule has 1 aliphatic carbocycles. The third-order valence-corrected chi connectivity index (χ3v) is 3.81. The summed E-state index contributed by atoms with van der Waals surface area (Å²) in [6, 6.07) is 8.53. The first kappa shape index (κ1) is 12.6. The number of Topliss-reactive ketones (excluding diaryl/α,β-unsaturated/α-hetero) is 1. The van der Waals surface area contributed by atoms with Crippen molar-refractivity contribution in [3.8, 4) is 0 Å². The normalized spacial score (nSPS) is 14.1. The van der Waals surface area contributed by atoms with Crippen LogP contribution in [0.3, 0.4) is 0 Å². The van der Waals surface area contributed by atoms with E-state index in [0.717, 1.165) is 5.56 Å². The molecule has 4 heteroatoms. The number of fused-ring (bicyclic) bond motifs is 1. The Hall–Kier alpha value is -2.46. The van der Waals surface area contributed by atoms with Gasteiger partial charge in [0.1, 0.15) is 11.3 Å². The number of thiophene rings is 1. The maximum atomic E-state index is 12.1. The fraction of sp³-hybridized carbons (Fsp3) is 0. The van der Waals surface area contributed by atoms with Gasteiger partial charge in [0.05, 0.1) is 0 Å². The van der Waals surface area contributed by atoms with Crippen molar-refractivity contribution >= 4 is 34.7 Å². The maximum Gasteiger partial charge on any atom is 0.201 e. The average Bonchev–Trinajstić information content (AvgIpc) is 3.05. The number of carbonyl (C=O) groups excluding carboxylic acids is 2. The SMILES string of the molecule is O=C(C=Cc1ccsc1)C1=C(O)c2ccccc2C1=O. The van der Waals surface area contributed by atoms with E-state index in [1.807, 2.05) is 16.8 Å². The lowest BCUT2D eigenvalue weighted by atomic mass is 10.1. The summed E-state index contributed by atoms with van der Waals surface area (Å²) in [5.74, 6) is -1.13. The first-order valence-corrected chi connectivity index (χ1v) is 6.94. The van der Waals surface area contributed by atoms with E-state index in [4.69, 9.17) is 0 Å². The van der Waals surface area contributed by atoms with Gasteiger partial charge in [-0.05, 0) is 28.5 Å². The van der Waals surface area contributed by atoms with Gasteiger partial charge in [-0.15, -0.1) is 0 Å². The minimum Gasteiger partial charge on any atom is -0.506 e. The van der Waals surface area contributed by atoms with Crippen LogP contribution in [0.2, 0.25) is 0 Å². The molecule has 1 aromatic heterocycles. The van der Waals surface area contributed by atoms with Crippen molar-refractivity contribution in [3.63, 3.8) is 0 Å². The number of hydrogen-bond donors (Lipinski definition) is 1. The zero-order chi connectivity index (χ0) is 14.1. The van der Waals surface area contributed by atoms with Gasteiger partial charge in [0, 0.05) is 11.1 Å². The van der Waals surface area contributed by atoms with E-state index in [1.54, 1.807) is 30.3 Å². The molecule has 0 bridgehead atoms. The summed E-state index contributed by atoms with van der Waals surface area (Å²) in [5.41, 5.74) is 1.53. The lowest BCUT2D eigenvalue weighted by Gasteiger charge is -1.95. The number of allylic oxidation sites excluding steroid dienone is 2. The highest BCUT2D eigenvalue weighted by atomic mass is 32.1. The summed E-state index contributed by atoms with van der Waals surface area (Å²) in [7, 11) is 0. The van der Waals surface area contributed by atoms with Gasteiger partial charge in [0.25, 0.3) is 0 Å². The Balaban J connectivity index is 1.94. The molecule has 0 amide bonds. The van der Waals surface area contributed by atoms with Crippen molar-refractivity contribution in [2.45, 2.75) is 0 Å². The topological polar surface area (TPSA) is 54.4 Å². The van der Waals surface area contributed by atoms with Crippen LogP contribution in [-0.4, -0.2) is 16.7 Å². The second kappa shape index (κ2) is 4.90. The molecule has 0 saturated carbocycles. The van der Waals surface area contributed by atoms with Gasteiger partial charge in [-0.25, -0.2) is 0 Å². The molecule has 1 N–H and O–H groups in total. The lowest BCUT2D eigenvalue weighted by Crippen LogP contribution is -2.08. The molecule has 0 unspecified atom stereocenters. The molecule has 2 aromatic rings. The minimum absolute atomic E-state index is 0.155. The highest BCUT2D eigenvalue weighted by molar-refractivity contribution is 7.08. The second-order valence-electron chi connectivity index (χ2n) is 4.35. The monoisotopic (exact) mass is 282 g/mol. The molecule has 0 spiro atoms. The Morgan fingerprint density at radius 1 is 1.15 bits per heavy atom. The van der Waals surface area contributed by atoms with E-state index in [9.17, 15) is 14.7 Å². The Kier molecular flexibility index (Phi) is 3.08. The van der Waals surface area contributed by atoms with E-state index >= 15 is 0 Å². The molecule has 1 aromatic carbocycles.